The summed E-state index contributed by atoms with van der Waals surface area (Å²) in [5.41, 5.74) is 3.10. The number of halogens is 1. The Balaban J connectivity index is 1.83. The van der Waals surface area contributed by atoms with Gasteiger partial charge in [-0.05, 0) is 30.7 Å². The normalized spacial score (nSPS) is 19.6. The van der Waals surface area contributed by atoms with Gasteiger partial charge >= 0.3 is 0 Å². The molecule has 1 aromatic carbocycles. The lowest BCUT2D eigenvalue weighted by Gasteiger charge is -2.36. The molecular formula is C17H20FN3. The van der Waals surface area contributed by atoms with Crippen LogP contribution in [0, 0.1) is 12.7 Å². The van der Waals surface area contributed by atoms with E-state index in [1.165, 1.54) is 5.56 Å². The summed E-state index contributed by atoms with van der Waals surface area (Å²) < 4.78 is 14.0. The summed E-state index contributed by atoms with van der Waals surface area (Å²) in [5.74, 6) is -0.118. The van der Waals surface area contributed by atoms with Crippen molar-refractivity contribution in [1.29, 1.82) is 0 Å². The molecule has 0 saturated carbocycles. The number of rotatable bonds is 3. The SMILES string of the molecule is Cc1ccc(F)c(CN2CCNCC2c2ccncc2)c1. The summed E-state index contributed by atoms with van der Waals surface area (Å²) in [6, 6.07) is 9.67. The molecule has 1 saturated heterocycles. The van der Waals surface area contributed by atoms with Crippen molar-refractivity contribution in [2.45, 2.75) is 19.5 Å². The average Bonchev–Trinajstić information content (AvgIpc) is 2.52. The van der Waals surface area contributed by atoms with E-state index in [0.29, 0.717) is 6.54 Å². The molecule has 0 spiro atoms. The molecule has 1 aromatic heterocycles. The van der Waals surface area contributed by atoms with Gasteiger partial charge < -0.3 is 5.32 Å². The molecule has 0 aliphatic carbocycles. The largest absolute Gasteiger partial charge is 0.314 e. The number of benzene rings is 1. The number of piperazine rings is 1. The first-order chi connectivity index (χ1) is 10.2. The summed E-state index contributed by atoms with van der Waals surface area (Å²) in [5, 5.41) is 3.42. The molecule has 0 amide bonds. The summed E-state index contributed by atoms with van der Waals surface area (Å²) in [4.78, 5) is 6.41. The van der Waals surface area contributed by atoms with Crippen molar-refractivity contribution in [2.24, 2.45) is 0 Å². The van der Waals surface area contributed by atoms with Crippen LogP contribution < -0.4 is 5.32 Å². The van der Waals surface area contributed by atoms with Crippen molar-refractivity contribution in [1.82, 2.24) is 15.2 Å². The molecule has 3 nitrogen and oxygen atoms in total. The second-order valence-corrected chi connectivity index (χ2v) is 5.57. The molecule has 110 valence electrons. The van der Waals surface area contributed by atoms with Crippen molar-refractivity contribution < 1.29 is 4.39 Å². The molecule has 2 aromatic rings. The first-order valence-electron chi connectivity index (χ1n) is 7.34. The summed E-state index contributed by atoms with van der Waals surface area (Å²) >= 11 is 0. The maximum Gasteiger partial charge on any atom is 0.127 e. The molecule has 1 atom stereocenters. The van der Waals surface area contributed by atoms with Crippen LogP contribution >= 0.6 is 0 Å². The minimum atomic E-state index is -0.118. The van der Waals surface area contributed by atoms with Gasteiger partial charge in [0.25, 0.3) is 0 Å². The molecule has 1 unspecified atom stereocenters. The Bertz CT molecular complexity index is 600. The third kappa shape index (κ3) is 3.28. The standard InChI is InChI=1S/C17H20FN3/c1-13-2-3-16(18)15(10-13)12-21-9-8-20-11-17(21)14-4-6-19-7-5-14/h2-7,10,17,20H,8-9,11-12H2,1H3. The average molecular weight is 285 g/mol. The van der Waals surface area contributed by atoms with Crippen LogP contribution in [0.15, 0.2) is 42.7 Å². The first kappa shape index (κ1) is 14.2. The van der Waals surface area contributed by atoms with Gasteiger partial charge in [-0.2, -0.15) is 0 Å². The van der Waals surface area contributed by atoms with Crippen LogP contribution in [0.4, 0.5) is 4.39 Å². The minimum Gasteiger partial charge on any atom is -0.314 e. The van der Waals surface area contributed by atoms with Crippen LogP contribution in [0.2, 0.25) is 0 Å². The van der Waals surface area contributed by atoms with Crippen LogP contribution in [0.25, 0.3) is 0 Å². The summed E-state index contributed by atoms with van der Waals surface area (Å²) in [6.45, 7) is 5.38. The van der Waals surface area contributed by atoms with E-state index in [-0.39, 0.29) is 11.9 Å². The van der Waals surface area contributed by atoms with Gasteiger partial charge in [0.2, 0.25) is 0 Å². The van der Waals surface area contributed by atoms with Gasteiger partial charge in [-0.3, -0.25) is 9.88 Å². The van der Waals surface area contributed by atoms with Crippen molar-refractivity contribution in [3.63, 3.8) is 0 Å². The lowest BCUT2D eigenvalue weighted by Crippen LogP contribution is -2.45. The highest BCUT2D eigenvalue weighted by Crippen LogP contribution is 2.24. The number of hydrogen-bond donors (Lipinski definition) is 1. The molecule has 2 heterocycles. The van der Waals surface area contributed by atoms with E-state index in [4.69, 9.17) is 0 Å². The second-order valence-electron chi connectivity index (χ2n) is 5.57. The fourth-order valence-corrected chi connectivity index (χ4v) is 2.89. The van der Waals surface area contributed by atoms with Crippen molar-refractivity contribution >= 4 is 0 Å². The molecule has 3 rings (SSSR count). The molecule has 1 aliphatic rings. The van der Waals surface area contributed by atoms with Crippen molar-refractivity contribution in [3.8, 4) is 0 Å². The summed E-state index contributed by atoms with van der Waals surface area (Å²) in [7, 11) is 0. The van der Waals surface area contributed by atoms with Gasteiger partial charge in [-0.25, -0.2) is 4.39 Å². The third-order valence-electron chi connectivity index (χ3n) is 4.02. The van der Waals surface area contributed by atoms with Gasteiger partial charge in [0.05, 0.1) is 0 Å². The van der Waals surface area contributed by atoms with Gasteiger partial charge in [-0.1, -0.05) is 17.7 Å². The molecule has 21 heavy (non-hydrogen) atoms. The van der Waals surface area contributed by atoms with E-state index in [1.54, 1.807) is 6.07 Å². The number of pyridine rings is 1. The van der Waals surface area contributed by atoms with E-state index in [2.05, 4.69) is 15.2 Å². The van der Waals surface area contributed by atoms with Crippen LogP contribution in [0.5, 0.6) is 0 Å². The first-order valence-corrected chi connectivity index (χ1v) is 7.34. The molecule has 0 bridgehead atoms. The number of hydrogen-bond acceptors (Lipinski definition) is 3. The third-order valence-corrected chi connectivity index (χ3v) is 4.02. The Morgan fingerprint density at radius 1 is 1.29 bits per heavy atom. The Labute approximate surface area is 124 Å². The zero-order valence-electron chi connectivity index (χ0n) is 12.2. The number of aromatic nitrogens is 1. The van der Waals surface area contributed by atoms with Crippen LogP contribution in [0.1, 0.15) is 22.7 Å². The van der Waals surface area contributed by atoms with E-state index in [1.807, 2.05) is 43.6 Å². The number of aryl methyl sites for hydroxylation is 1. The highest BCUT2D eigenvalue weighted by molar-refractivity contribution is 5.25. The highest BCUT2D eigenvalue weighted by atomic mass is 19.1. The van der Waals surface area contributed by atoms with E-state index >= 15 is 0 Å². The fourth-order valence-electron chi connectivity index (χ4n) is 2.89. The molecule has 1 fully saturated rings. The number of nitrogens with zero attached hydrogens (tertiary/aromatic N) is 2. The lowest BCUT2D eigenvalue weighted by atomic mass is 10.0. The zero-order valence-corrected chi connectivity index (χ0v) is 12.2. The van der Waals surface area contributed by atoms with E-state index in [0.717, 1.165) is 30.8 Å². The van der Waals surface area contributed by atoms with Crippen LogP contribution in [0.3, 0.4) is 0 Å². The summed E-state index contributed by atoms with van der Waals surface area (Å²) in [6.07, 6.45) is 3.63. The molecule has 1 aliphatic heterocycles. The van der Waals surface area contributed by atoms with Gasteiger partial charge in [0, 0.05) is 50.2 Å². The topological polar surface area (TPSA) is 28.2 Å². The monoisotopic (exact) mass is 285 g/mol. The second kappa shape index (κ2) is 6.33. The Hall–Kier alpha value is -1.78. The molecule has 4 heteroatoms. The minimum absolute atomic E-state index is 0.118. The highest BCUT2D eigenvalue weighted by Gasteiger charge is 2.24. The van der Waals surface area contributed by atoms with Gasteiger partial charge in [0.1, 0.15) is 5.82 Å². The maximum absolute atomic E-state index is 14.0. The molecular weight excluding hydrogens is 265 g/mol. The van der Waals surface area contributed by atoms with Gasteiger partial charge in [-0.15, -0.1) is 0 Å². The smallest absolute Gasteiger partial charge is 0.127 e. The molecule has 0 radical (unpaired) electrons. The fraction of sp³-hybridized carbons (Fsp3) is 0.353. The Morgan fingerprint density at radius 2 is 2.10 bits per heavy atom. The Kier molecular flexibility index (Phi) is 4.27. The van der Waals surface area contributed by atoms with Crippen molar-refractivity contribution in [2.75, 3.05) is 19.6 Å². The predicted molar refractivity (Wildman–Crippen MR) is 81.4 cm³/mol. The van der Waals surface area contributed by atoms with E-state index in [9.17, 15) is 4.39 Å². The van der Waals surface area contributed by atoms with Crippen LogP contribution in [-0.4, -0.2) is 29.5 Å². The zero-order chi connectivity index (χ0) is 14.7. The molecule has 1 N–H and O–H groups in total. The van der Waals surface area contributed by atoms with E-state index < -0.39 is 0 Å². The Morgan fingerprint density at radius 3 is 2.90 bits per heavy atom. The quantitative estimate of drug-likeness (QED) is 0.940. The number of nitrogens with one attached hydrogen (secondary N) is 1. The van der Waals surface area contributed by atoms with Gasteiger partial charge in [0.15, 0.2) is 0 Å². The predicted octanol–water partition coefficient (Wildman–Crippen LogP) is 2.68. The lowest BCUT2D eigenvalue weighted by molar-refractivity contribution is 0.152. The van der Waals surface area contributed by atoms with Crippen LogP contribution in [-0.2, 0) is 6.54 Å². The maximum atomic E-state index is 14.0. The van der Waals surface area contributed by atoms with Crippen molar-refractivity contribution in [3.05, 3.63) is 65.2 Å².